The van der Waals surface area contributed by atoms with Crippen molar-refractivity contribution in [3.63, 3.8) is 0 Å². The van der Waals surface area contributed by atoms with Crippen molar-refractivity contribution in [2.45, 2.75) is 58.5 Å². The summed E-state index contributed by atoms with van der Waals surface area (Å²) in [6.07, 6.45) is 2.17. The number of nitrogens with zero attached hydrogens (tertiary/aromatic N) is 1. The molecule has 3 N–H and O–H groups in total. The third-order valence-corrected chi connectivity index (χ3v) is 3.70. The van der Waals surface area contributed by atoms with Crippen LogP contribution in [0.1, 0.15) is 47.0 Å². The molecule has 1 aliphatic rings. The zero-order valence-corrected chi connectivity index (χ0v) is 11.8. The number of amides is 3. The molecule has 5 heteroatoms. The van der Waals surface area contributed by atoms with E-state index in [1.54, 1.807) is 0 Å². The Kier molecular flexibility index (Phi) is 4.73. The fourth-order valence-electron chi connectivity index (χ4n) is 2.15. The Labute approximate surface area is 109 Å². The summed E-state index contributed by atoms with van der Waals surface area (Å²) in [5.41, 5.74) is 5.70. The van der Waals surface area contributed by atoms with Gasteiger partial charge in [-0.3, -0.25) is 9.69 Å². The average molecular weight is 255 g/mol. The summed E-state index contributed by atoms with van der Waals surface area (Å²) >= 11 is 0. The Bertz CT molecular complexity index is 324. The van der Waals surface area contributed by atoms with Crippen LogP contribution in [0.4, 0.5) is 4.79 Å². The molecule has 0 aromatic rings. The molecule has 0 aromatic heterocycles. The highest BCUT2D eigenvalue weighted by atomic mass is 16.2. The van der Waals surface area contributed by atoms with Crippen molar-refractivity contribution in [3.8, 4) is 0 Å². The molecule has 1 atom stereocenters. The molecule has 1 saturated heterocycles. The Morgan fingerprint density at radius 2 is 1.89 bits per heavy atom. The summed E-state index contributed by atoms with van der Waals surface area (Å²) in [5.74, 6) is 0.240. The predicted molar refractivity (Wildman–Crippen MR) is 71.0 cm³/mol. The molecule has 0 radical (unpaired) electrons. The van der Waals surface area contributed by atoms with E-state index in [4.69, 9.17) is 5.73 Å². The second kappa shape index (κ2) is 5.69. The summed E-state index contributed by atoms with van der Waals surface area (Å²) in [4.78, 5) is 25.3. The van der Waals surface area contributed by atoms with Gasteiger partial charge in [-0.15, -0.1) is 0 Å². The van der Waals surface area contributed by atoms with E-state index in [2.05, 4.69) is 5.32 Å². The number of imide groups is 1. The molecule has 1 rings (SSSR count). The van der Waals surface area contributed by atoms with Gasteiger partial charge in [-0.1, -0.05) is 27.7 Å². The SMILES string of the molecule is CCC(N)(CC)CN1C(=O)NC(CC(C)C)C1=O. The molecule has 104 valence electrons. The van der Waals surface area contributed by atoms with E-state index in [-0.39, 0.29) is 18.0 Å². The van der Waals surface area contributed by atoms with Crippen molar-refractivity contribution in [2.24, 2.45) is 11.7 Å². The van der Waals surface area contributed by atoms with Gasteiger partial charge < -0.3 is 11.1 Å². The fourth-order valence-corrected chi connectivity index (χ4v) is 2.15. The minimum Gasteiger partial charge on any atom is -0.326 e. The molecule has 0 aromatic carbocycles. The van der Waals surface area contributed by atoms with Gasteiger partial charge in [0.2, 0.25) is 0 Å². The fraction of sp³-hybridized carbons (Fsp3) is 0.846. The molecule has 0 bridgehead atoms. The molecule has 0 aliphatic carbocycles. The highest BCUT2D eigenvalue weighted by Gasteiger charge is 2.41. The first-order valence-electron chi connectivity index (χ1n) is 6.73. The van der Waals surface area contributed by atoms with Crippen molar-refractivity contribution in [2.75, 3.05) is 6.54 Å². The smallest absolute Gasteiger partial charge is 0.324 e. The van der Waals surface area contributed by atoms with Crippen molar-refractivity contribution in [1.82, 2.24) is 10.2 Å². The van der Waals surface area contributed by atoms with E-state index >= 15 is 0 Å². The summed E-state index contributed by atoms with van der Waals surface area (Å²) in [6, 6.07) is -0.683. The van der Waals surface area contributed by atoms with Crippen molar-refractivity contribution in [3.05, 3.63) is 0 Å². The minimum absolute atomic E-state index is 0.134. The van der Waals surface area contributed by atoms with Crippen LogP contribution in [0.3, 0.4) is 0 Å². The van der Waals surface area contributed by atoms with Gasteiger partial charge >= 0.3 is 6.03 Å². The molecule has 1 unspecified atom stereocenters. The lowest BCUT2D eigenvalue weighted by atomic mass is 9.93. The Morgan fingerprint density at radius 1 is 1.33 bits per heavy atom. The first kappa shape index (κ1) is 15.0. The Morgan fingerprint density at radius 3 is 2.33 bits per heavy atom. The van der Waals surface area contributed by atoms with E-state index in [1.807, 2.05) is 27.7 Å². The molecule has 0 spiro atoms. The summed E-state index contributed by atoms with van der Waals surface area (Å²) < 4.78 is 0. The van der Waals surface area contributed by atoms with Gasteiger partial charge in [0.05, 0.1) is 0 Å². The monoisotopic (exact) mass is 255 g/mol. The maximum Gasteiger partial charge on any atom is 0.324 e. The normalized spacial score (nSPS) is 20.8. The standard InChI is InChI=1S/C13H25N3O2/c1-5-13(14,6-2)8-16-11(17)10(7-9(3)4)15-12(16)18/h9-10H,5-8,14H2,1-4H3,(H,15,18). The molecule has 1 heterocycles. The molecular formula is C13H25N3O2. The van der Waals surface area contributed by atoms with Crippen LogP contribution in [0.15, 0.2) is 0 Å². The number of hydrogen-bond donors (Lipinski definition) is 2. The molecule has 3 amide bonds. The van der Waals surface area contributed by atoms with Crippen molar-refractivity contribution in [1.29, 1.82) is 0 Å². The molecular weight excluding hydrogens is 230 g/mol. The van der Waals surface area contributed by atoms with Crippen LogP contribution in [0.5, 0.6) is 0 Å². The molecule has 5 nitrogen and oxygen atoms in total. The van der Waals surface area contributed by atoms with Gasteiger partial charge in [0.1, 0.15) is 6.04 Å². The van der Waals surface area contributed by atoms with Crippen LogP contribution in [0, 0.1) is 5.92 Å². The molecule has 1 fully saturated rings. The Hall–Kier alpha value is -1.10. The quantitative estimate of drug-likeness (QED) is 0.706. The van der Waals surface area contributed by atoms with Crippen LogP contribution in [-0.4, -0.2) is 35.0 Å². The largest absolute Gasteiger partial charge is 0.326 e. The lowest BCUT2D eigenvalue weighted by Gasteiger charge is -2.30. The molecule has 0 saturated carbocycles. The number of nitrogens with two attached hydrogens (primary N) is 1. The minimum atomic E-state index is -0.472. The zero-order chi connectivity index (χ0) is 13.9. The lowest BCUT2D eigenvalue weighted by Crippen LogP contribution is -2.51. The van der Waals surface area contributed by atoms with Gasteiger partial charge in [0.15, 0.2) is 0 Å². The van der Waals surface area contributed by atoms with Crippen molar-refractivity contribution >= 4 is 11.9 Å². The first-order chi connectivity index (χ1) is 8.33. The van der Waals surface area contributed by atoms with Crippen LogP contribution in [0.2, 0.25) is 0 Å². The maximum absolute atomic E-state index is 12.1. The van der Waals surface area contributed by atoms with Crippen LogP contribution >= 0.6 is 0 Å². The molecule has 18 heavy (non-hydrogen) atoms. The van der Waals surface area contributed by atoms with Crippen LogP contribution < -0.4 is 11.1 Å². The van der Waals surface area contributed by atoms with Gasteiger partial charge in [-0.2, -0.15) is 0 Å². The molecule has 1 aliphatic heterocycles. The van der Waals surface area contributed by atoms with E-state index in [0.717, 1.165) is 12.8 Å². The van der Waals surface area contributed by atoms with Gasteiger partial charge in [0, 0.05) is 12.1 Å². The highest BCUT2D eigenvalue weighted by molar-refractivity contribution is 6.04. The number of rotatable bonds is 6. The zero-order valence-electron chi connectivity index (χ0n) is 11.8. The van der Waals surface area contributed by atoms with Crippen LogP contribution in [0.25, 0.3) is 0 Å². The van der Waals surface area contributed by atoms with Crippen molar-refractivity contribution < 1.29 is 9.59 Å². The second-order valence-electron chi connectivity index (χ2n) is 5.63. The highest BCUT2D eigenvalue weighted by Crippen LogP contribution is 2.19. The summed E-state index contributed by atoms with van der Waals surface area (Å²) in [7, 11) is 0. The summed E-state index contributed by atoms with van der Waals surface area (Å²) in [5, 5.41) is 2.74. The average Bonchev–Trinajstić information content (AvgIpc) is 2.56. The lowest BCUT2D eigenvalue weighted by molar-refractivity contribution is -0.128. The third-order valence-electron chi connectivity index (χ3n) is 3.70. The van der Waals surface area contributed by atoms with Gasteiger partial charge in [0.25, 0.3) is 5.91 Å². The summed E-state index contributed by atoms with van der Waals surface area (Å²) in [6.45, 7) is 8.33. The van der Waals surface area contributed by atoms with Crippen LogP contribution in [-0.2, 0) is 4.79 Å². The number of carbonyl (C=O) groups is 2. The van der Waals surface area contributed by atoms with E-state index in [1.165, 1.54) is 4.90 Å². The topological polar surface area (TPSA) is 75.4 Å². The predicted octanol–water partition coefficient (Wildman–Crippen LogP) is 1.47. The number of urea groups is 1. The van der Waals surface area contributed by atoms with E-state index in [0.29, 0.717) is 18.9 Å². The Balaban J connectivity index is 2.73. The first-order valence-corrected chi connectivity index (χ1v) is 6.73. The van der Waals surface area contributed by atoms with Gasteiger partial charge in [-0.05, 0) is 25.2 Å². The number of nitrogens with one attached hydrogen (secondary N) is 1. The maximum atomic E-state index is 12.1. The van der Waals surface area contributed by atoms with Gasteiger partial charge in [-0.25, -0.2) is 4.79 Å². The second-order valence-corrected chi connectivity index (χ2v) is 5.63. The van der Waals surface area contributed by atoms with E-state index < -0.39 is 5.54 Å². The van der Waals surface area contributed by atoms with E-state index in [9.17, 15) is 9.59 Å². The number of hydrogen-bond acceptors (Lipinski definition) is 3. The number of carbonyl (C=O) groups excluding carboxylic acids is 2. The third kappa shape index (κ3) is 3.22.